The number of hydrogen-bond donors (Lipinski definition) is 2. The molecule has 1 amide bonds. The predicted octanol–water partition coefficient (Wildman–Crippen LogP) is 0.661. The van der Waals surface area contributed by atoms with Gasteiger partial charge < -0.3 is 16.0 Å². The number of para-hydroxylation sites is 1. The van der Waals surface area contributed by atoms with E-state index in [2.05, 4.69) is 39.4 Å². The smallest absolute Gasteiger partial charge is 0.235 e. The number of rotatable bonds is 6. The van der Waals surface area contributed by atoms with Crippen molar-refractivity contribution in [3.63, 3.8) is 0 Å². The number of primary amides is 1. The van der Waals surface area contributed by atoms with Crippen molar-refractivity contribution in [2.45, 2.75) is 25.9 Å². The van der Waals surface area contributed by atoms with Crippen molar-refractivity contribution < 1.29 is 4.79 Å². The zero-order valence-electron chi connectivity index (χ0n) is 13.0. The molecular formula is C16H26N4O. The Labute approximate surface area is 127 Å². The number of anilines is 1. The Hall–Kier alpha value is -1.59. The van der Waals surface area contributed by atoms with E-state index in [4.69, 9.17) is 5.73 Å². The fraction of sp³-hybridized carbons (Fsp3) is 0.562. The van der Waals surface area contributed by atoms with Crippen molar-refractivity contribution in [1.82, 2.24) is 10.2 Å². The molecule has 0 bridgehead atoms. The van der Waals surface area contributed by atoms with Gasteiger partial charge in [0.2, 0.25) is 5.91 Å². The summed E-state index contributed by atoms with van der Waals surface area (Å²) in [6.45, 7) is 8.63. The van der Waals surface area contributed by atoms with Gasteiger partial charge in [-0.2, -0.15) is 0 Å². The van der Waals surface area contributed by atoms with E-state index < -0.39 is 0 Å². The third kappa shape index (κ3) is 4.72. The quantitative estimate of drug-likeness (QED) is 0.808. The van der Waals surface area contributed by atoms with Crippen LogP contribution in [0.5, 0.6) is 0 Å². The van der Waals surface area contributed by atoms with E-state index in [1.54, 1.807) is 0 Å². The van der Waals surface area contributed by atoms with E-state index >= 15 is 0 Å². The molecule has 0 spiro atoms. The van der Waals surface area contributed by atoms with Crippen LogP contribution in [-0.2, 0) is 4.79 Å². The van der Waals surface area contributed by atoms with E-state index in [0.29, 0.717) is 6.54 Å². The van der Waals surface area contributed by atoms with Gasteiger partial charge in [-0.1, -0.05) is 32.0 Å². The number of carbonyl (C=O) groups is 1. The van der Waals surface area contributed by atoms with Gasteiger partial charge in [0.15, 0.2) is 0 Å². The maximum Gasteiger partial charge on any atom is 0.235 e. The van der Waals surface area contributed by atoms with Crippen LogP contribution in [0.15, 0.2) is 30.3 Å². The second-order valence-electron chi connectivity index (χ2n) is 5.90. The van der Waals surface area contributed by atoms with Gasteiger partial charge in [-0.3, -0.25) is 9.69 Å². The van der Waals surface area contributed by atoms with Crippen molar-refractivity contribution >= 4 is 11.6 Å². The summed E-state index contributed by atoms with van der Waals surface area (Å²) < 4.78 is 0. The Morgan fingerprint density at radius 3 is 2.33 bits per heavy atom. The molecule has 1 heterocycles. The lowest BCUT2D eigenvalue weighted by Crippen LogP contribution is -2.55. The first-order valence-corrected chi connectivity index (χ1v) is 7.64. The standard InChI is InChI=1S/C16H26N4O/c1-13(2)18-15(16(17)21)12-19-8-10-20(11-9-19)14-6-4-3-5-7-14/h3-7,13,15,18H,8-12H2,1-2H3,(H2,17,21). The number of nitrogens with one attached hydrogen (secondary N) is 1. The van der Waals surface area contributed by atoms with Gasteiger partial charge in [0.05, 0.1) is 6.04 Å². The number of hydrogen-bond acceptors (Lipinski definition) is 4. The minimum Gasteiger partial charge on any atom is -0.369 e. The topological polar surface area (TPSA) is 61.6 Å². The highest BCUT2D eigenvalue weighted by Gasteiger charge is 2.23. The molecule has 5 nitrogen and oxygen atoms in total. The van der Waals surface area contributed by atoms with Crippen LogP contribution in [0.3, 0.4) is 0 Å². The number of nitrogens with two attached hydrogens (primary N) is 1. The molecule has 21 heavy (non-hydrogen) atoms. The highest BCUT2D eigenvalue weighted by atomic mass is 16.1. The highest BCUT2D eigenvalue weighted by Crippen LogP contribution is 2.15. The van der Waals surface area contributed by atoms with E-state index in [1.165, 1.54) is 5.69 Å². The first kappa shape index (κ1) is 15.8. The minimum atomic E-state index is -0.270. The zero-order valence-corrected chi connectivity index (χ0v) is 13.0. The van der Waals surface area contributed by atoms with Crippen LogP contribution in [0.4, 0.5) is 5.69 Å². The van der Waals surface area contributed by atoms with Crippen molar-refractivity contribution in [2.75, 3.05) is 37.6 Å². The summed E-state index contributed by atoms with van der Waals surface area (Å²) >= 11 is 0. The van der Waals surface area contributed by atoms with Crippen LogP contribution in [0, 0.1) is 0 Å². The lowest BCUT2D eigenvalue weighted by Gasteiger charge is -2.37. The van der Waals surface area contributed by atoms with Crippen LogP contribution < -0.4 is 16.0 Å². The Kier molecular flexibility index (Phi) is 5.59. The third-order valence-electron chi connectivity index (χ3n) is 3.81. The van der Waals surface area contributed by atoms with E-state index in [-0.39, 0.29) is 18.0 Å². The van der Waals surface area contributed by atoms with Crippen molar-refractivity contribution in [3.8, 4) is 0 Å². The van der Waals surface area contributed by atoms with Crippen LogP contribution in [-0.4, -0.2) is 55.6 Å². The van der Waals surface area contributed by atoms with E-state index in [0.717, 1.165) is 26.2 Å². The Morgan fingerprint density at radius 1 is 1.19 bits per heavy atom. The number of piperazine rings is 1. The van der Waals surface area contributed by atoms with Gasteiger partial charge in [-0.25, -0.2) is 0 Å². The molecule has 1 fully saturated rings. The van der Waals surface area contributed by atoms with Gasteiger partial charge in [0.25, 0.3) is 0 Å². The summed E-state index contributed by atoms with van der Waals surface area (Å²) in [5, 5.41) is 3.24. The summed E-state index contributed by atoms with van der Waals surface area (Å²) in [7, 11) is 0. The molecular weight excluding hydrogens is 264 g/mol. The third-order valence-corrected chi connectivity index (χ3v) is 3.81. The largest absolute Gasteiger partial charge is 0.369 e. The molecule has 5 heteroatoms. The van der Waals surface area contributed by atoms with Crippen LogP contribution >= 0.6 is 0 Å². The highest BCUT2D eigenvalue weighted by molar-refractivity contribution is 5.80. The summed E-state index contributed by atoms with van der Waals surface area (Å²) in [6.07, 6.45) is 0. The molecule has 1 aromatic carbocycles. The molecule has 1 aliphatic heterocycles. The lowest BCUT2D eigenvalue weighted by atomic mass is 10.2. The number of nitrogens with zero attached hydrogens (tertiary/aromatic N) is 2. The molecule has 1 aromatic rings. The molecule has 1 unspecified atom stereocenters. The molecule has 2 rings (SSSR count). The average molecular weight is 290 g/mol. The molecule has 0 saturated carbocycles. The summed E-state index contributed by atoms with van der Waals surface area (Å²) in [4.78, 5) is 16.2. The summed E-state index contributed by atoms with van der Waals surface area (Å²) in [5.41, 5.74) is 6.75. The lowest BCUT2D eigenvalue weighted by molar-refractivity contribution is -0.120. The molecule has 0 aromatic heterocycles. The summed E-state index contributed by atoms with van der Waals surface area (Å²) in [5.74, 6) is -0.269. The number of amides is 1. The zero-order chi connectivity index (χ0) is 15.2. The Morgan fingerprint density at radius 2 is 1.81 bits per heavy atom. The summed E-state index contributed by atoms with van der Waals surface area (Å²) in [6, 6.07) is 10.4. The first-order chi connectivity index (χ1) is 10.1. The fourth-order valence-corrected chi connectivity index (χ4v) is 2.71. The van der Waals surface area contributed by atoms with E-state index in [1.807, 2.05) is 19.9 Å². The van der Waals surface area contributed by atoms with Crippen molar-refractivity contribution in [2.24, 2.45) is 5.73 Å². The maximum absolute atomic E-state index is 11.5. The first-order valence-electron chi connectivity index (χ1n) is 7.64. The second-order valence-corrected chi connectivity index (χ2v) is 5.90. The molecule has 1 saturated heterocycles. The fourth-order valence-electron chi connectivity index (χ4n) is 2.71. The van der Waals surface area contributed by atoms with E-state index in [9.17, 15) is 4.79 Å². The Bertz CT molecular complexity index is 441. The van der Waals surface area contributed by atoms with Crippen LogP contribution in [0.2, 0.25) is 0 Å². The van der Waals surface area contributed by atoms with Gasteiger partial charge in [0.1, 0.15) is 0 Å². The normalized spacial score (nSPS) is 18.0. The molecule has 0 radical (unpaired) electrons. The van der Waals surface area contributed by atoms with Crippen LogP contribution in [0.25, 0.3) is 0 Å². The minimum absolute atomic E-state index is 0.258. The van der Waals surface area contributed by atoms with Crippen molar-refractivity contribution in [1.29, 1.82) is 0 Å². The average Bonchev–Trinajstić information content (AvgIpc) is 2.48. The van der Waals surface area contributed by atoms with Crippen molar-refractivity contribution in [3.05, 3.63) is 30.3 Å². The molecule has 0 aliphatic carbocycles. The van der Waals surface area contributed by atoms with Gasteiger partial charge >= 0.3 is 0 Å². The molecule has 1 atom stereocenters. The van der Waals surface area contributed by atoms with Gasteiger partial charge in [-0.15, -0.1) is 0 Å². The molecule has 3 N–H and O–H groups in total. The van der Waals surface area contributed by atoms with Gasteiger partial charge in [0, 0.05) is 44.5 Å². The maximum atomic E-state index is 11.5. The molecule has 1 aliphatic rings. The molecule has 116 valence electrons. The number of carbonyl (C=O) groups excluding carboxylic acids is 1. The predicted molar refractivity (Wildman–Crippen MR) is 86.3 cm³/mol. The Balaban J connectivity index is 1.84. The second kappa shape index (κ2) is 7.43. The number of benzene rings is 1. The SMILES string of the molecule is CC(C)NC(CN1CCN(c2ccccc2)CC1)C(N)=O. The van der Waals surface area contributed by atoms with Crippen LogP contribution in [0.1, 0.15) is 13.8 Å². The van der Waals surface area contributed by atoms with Gasteiger partial charge in [-0.05, 0) is 12.1 Å². The monoisotopic (exact) mass is 290 g/mol.